The Hall–Kier alpha value is -2.89. The van der Waals surface area contributed by atoms with Gasteiger partial charge in [0.25, 0.3) is 5.69 Å². The Labute approximate surface area is 126 Å². The summed E-state index contributed by atoms with van der Waals surface area (Å²) in [5.41, 5.74) is 2.46. The highest BCUT2D eigenvalue weighted by molar-refractivity contribution is 5.77. The van der Waals surface area contributed by atoms with E-state index in [1.807, 2.05) is 38.1 Å². The topological polar surface area (TPSA) is 81.1 Å². The lowest BCUT2D eigenvalue weighted by atomic mass is 10.2. The Kier molecular flexibility index (Phi) is 3.50. The molecule has 2 aromatic carbocycles. The third kappa shape index (κ3) is 2.76. The van der Waals surface area contributed by atoms with Gasteiger partial charge in [-0.05, 0) is 37.6 Å². The van der Waals surface area contributed by atoms with E-state index in [2.05, 4.69) is 9.97 Å². The van der Waals surface area contributed by atoms with Crippen LogP contribution in [0, 0.1) is 17.0 Å². The Morgan fingerprint density at radius 1 is 1.27 bits per heavy atom. The lowest BCUT2D eigenvalue weighted by molar-refractivity contribution is -0.384. The first-order chi connectivity index (χ1) is 10.5. The van der Waals surface area contributed by atoms with E-state index in [1.165, 1.54) is 12.1 Å². The van der Waals surface area contributed by atoms with Gasteiger partial charge in [0.15, 0.2) is 6.10 Å². The van der Waals surface area contributed by atoms with Crippen molar-refractivity contribution < 1.29 is 9.66 Å². The molecule has 0 fully saturated rings. The van der Waals surface area contributed by atoms with E-state index in [9.17, 15) is 10.1 Å². The first-order valence-corrected chi connectivity index (χ1v) is 6.90. The van der Waals surface area contributed by atoms with Gasteiger partial charge in [0, 0.05) is 12.1 Å². The number of rotatable bonds is 4. The molecule has 1 N–H and O–H groups in total. The molecular weight excluding hydrogens is 282 g/mol. The summed E-state index contributed by atoms with van der Waals surface area (Å²) in [6, 6.07) is 12.3. The van der Waals surface area contributed by atoms with Gasteiger partial charge >= 0.3 is 0 Å². The number of nitro benzene ring substituents is 1. The Morgan fingerprint density at radius 2 is 2.09 bits per heavy atom. The number of hydrogen-bond donors (Lipinski definition) is 1. The molecule has 3 rings (SSSR count). The van der Waals surface area contributed by atoms with Gasteiger partial charge in [-0.1, -0.05) is 12.1 Å². The number of aryl methyl sites for hydroxylation is 1. The van der Waals surface area contributed by atoms with Crippen LogP contribution in [0.2, 0.25) is 0 Å². The van der Waals surface area contributed by atoms with Crippen LogP contribution in [0.15, 0.2) is 42.5 Å². The molecule has 6 nitrogen and oxygen atoms in total. The predicted molar refractivity (Wildman–Crippen MR) is 83.0 cm³/mol. The van der Waals surface area contributed by atoms with Crippen molar-refractivity contribution in [2.45, 2.75) is 20.0 Å². The maximum Gasteiger partial charge on any atom is 0.271 e. The number of ether oxygens (including phenoxy) is 1. The molecule has 0 spiro atoms. The van der Waals surface area contributed by atoms with Crippen LogP contribution in [0.1, 0.15) is 24.4 Å². The van der Waals surface area contributed by atoms with Gasteiger partial charge in [0.2, 0.25) is 0 Å². The molecular formula is C16H15N3O3. The fourth-order valence-electron chi connectivity index (χ4n) is 2.27. The van der Waals surface area contributed by atoms with Crippen molar-refractivity contribution in [2.24, 2.45) is 0 Å². The van der Waals surface area contributed by atoms with Gasteiger partial charge in [-0.2, -0.15) is 0 Å². The number of nitrogens with zero attached hydrogens (tertiary/aromatic N) is 2. The van der Waals surface area contributed by atoms with Crippen molar-refractivity contribution in [1.82, 2.24) is 9.97 Å². The lowest BCUT2D eigenvalue weighted by Crippen LogP contribution is -2.05. The number of non-ortho nitro benzene ring substituents is 1. The number of benzene rings is 2. The fraction of sp³-hybridized carbons (Fsp3) is 0.188. The third-order valence-corrected chi connectivity index (χ3v) is 3.38. The van der Waals surface area contributed by atoms with Crippen LogP contribution >= 0.6 is 0 Å². The second-order valence-corrected chi connectivity index (χ2v) is 5.16. The SMILES string of the molecule is Cc1cccc(O[C@@H](C)c2nc3ccc([N+](=O)[O-])cc3[nH]2)c1. The Bertz CT molecular complexity index is 842. The maximum absolute atomic E-state index is 10.8. The number of nitro groups is 1. The molecule has 0 aliphatic carbocycles. The molecule has 0 radical (unpaired) electrons. The van der Waals surface area contributed by atoms with Crippen molar-refractivity contribution in [2.75, 3.05) is 0 Å². The highest BCUT2D eigenvalue weighted by atomic mass is 16.6. The summed E-state index contributed by atoms with van der Waals surface area (Å²) >= 11 is 0. The number of aromatic amines is 1. The number of imidazole rings is 1. The van der Waals surface area contributed by atoms with Crippen LogP contribution in [0.5, 0.6) is 5.75 Å². The van der Waals surface area contributed by atoms with E-state index in [1.54, 1.807) is 6.07 Å². The number of fused-ring (bicyclic) bond motifs is 1. The predicted octanol–water partition coefficient (Wildman–Crippen LogP) is 3.92. The highest BCUT2D eigenvalue weighted by Gasteiger charge is 2.15. The van der Waals surface area contributed by atoms with E-state index < -0.39 is 4.92 Å². The summed E-state index contributed by atoms with van der Waals surface area (Å²) in [7, 11) is 0. The molecule has 0 unspecified atom stereocenters. The molecule has 0 saturated heterocycles. The van der Waals surface area contributed by atoms with Gasteiger partial charge in [0.05, 0.1) is 16.0 Å². The normalized spacial score (nSPS) is 12.3. The maximum atomic E-state index is 10.8. The van der Waals surface area contributed by atoms with Crippen molar-refractivity contribution in [3.05, 3.63) is 64.0 Å². The van der Waals surface area contributed by atoms with Crippen LogP contribution in [0.25, 0.3) is 11.0 Å². The quantitative estimate of drug-likeness (QED) is 0.584. The molecule has 3 aromatic rings. The molecule has 0 aliphatic heterocycles. The van der Waals surface area contributed by atoms with Crippen LogP contribution in [0.4, 0.5) is 5.69 Å². The van der Waals surface area contributed by atoms with E-state index in [0.717, 1.165) is 11.3 Å². The summed E-state index contributed by atoms with van der Waals surface area (Å²) in [5.74, 6) is 1.40. The van der Waals surface area contributed by atoms with Crippen molar-refractivity contribution in [3.63, 3.8) is 0 Å². The molecule has 6 heteroatoms. The van der Waals surface area contributed by atoms with E-state index in [0.29, 0.717) is 16.9 Å². The molecule has 0 aliphatic rings. The van der Waals surface area contributed by atoms with Crippen molar-refractivity contribution >= 4 is 16.7 Å². The van der Waals surface area contributed by atoms with Gasteiger partial charge in [-0.25, -0.2) is 4.98 Å². The smallest absolute Gasteiger partial charge is 0.271 e. The van der Waals surface area contributed by atoms with Crippen LogP contribution in [-0.4, -0.2) is 14.9 Å². The number of H-pyrrole nitrogens is 1. The second kappa shape index (κ2) is 5.48. The molecule has 1 aromatic heterocycles. The van der Waals surface area contributed by atoms with E-state index in [-0.39, 0.29) is 11.8 Å². The van der Waals surface area contributed by atoms with Crippen LogP contribution in [0.3, 0.4) is 0 Å². The van der Waals surface area contributed by atoms with Crippen molar-refractivity contribution in [3.8, 4) is 5.75 Å². The monoisotopic (exact) mass is 297 g/mol. The zero-order chi connectivity index (χ0) is 15.7. The first-order valence-electron chi connectivity index (χ1n) is 6.90. The average molecular weight is 297 g/mol. The Morgan fingerprint density at radius 3 is 2.82 bits per heavy atom. The van der Waals surface area contributed by atoms with Crippen molar-refractivity contribution in [1.29, 1.82) is 0 Å². The van der Waals surface area contributed by atoms with E-state index >= 15 is 0 Å². The zero-order valence-electron chi connectivity index (χ0n) is 12.2. The van der Waals surface area contributed by atoms with Gasteiger partial charge in [0.1, 0.15) is 11.6 Å². The molecule has 112 valence electrons. The summed E-state index contributed by atoms with van der Waals surface area (Å²) in [5, 5.41) is 10.8. The molecule has 1 heterocycles. The highest BCUT2D eigenvalue weighted by Crippen LogP contribution is 2.24. The zero-order valence-corrected chi connectivity index (χ0v) is 12.2. The Balaban J connectivity index is 1.87. The van der Waals surface area contributed by atoms with Crippen LogP contribution < -0.4 is 4.74 Å². The molecule has 0 bridgehead atoms. The summed E-state index contributed by atoms with van der Waals surface area (Å²) in [4.78, 5) is 17.9. The minimum atomic E-state index is -0.424. The molecule has 1 atom stereocenters. The fourth-order valence-corrected chi connectivity index (χ4v) is 2.27. The summed E-state index contributed by atoms with van der Waals surface area (Å²) < 4.78 is 5.86. The van der Waals surface area contributed by atoms with Crippen LogP contribution in [-0.2, 0) is 0 Å². The first kappa shape index (κ1) is 14.1. The molecule has 0 saturated carbocycles. The van der Waals surface area contributed by atoms with E-state index in [4.69, 9.17) is 4.74 Å². The number of aromatic nitrogens is 2. The summed E-state index contributed by atoms with van der Waals surface area (Å²) in [6.07, 6.45) is -0.284. The lowest BCUT2D eigenvalue weighted by Gasteiger charge is -2.12. The number of nitrogens with one attached hydrogen (secondary N) is 1. The molecule has 22 heavy (non-hydrogen) atoms. The minimum Gasteiger partial charge on any atom is -0.483 e. The van der Waals surface area contributed by atoms with Gasteiger partial charge in [-0.15, -0.1) is 0 Å². The third-order valence-electron chi connectivity index (χ3n) is 3.38. The number of hydrogen-bond acceptors (Lipinski definition) is 4. The van der Waals surface area contributed by atoms with Gasteiger partial charge < -0.3 is 9.72 Å². The average Bonchev–Trinajstić information content (AvgIpc) is 2.90. The standard InChI is InChI=1S/C16H15N3O3/c1-10-4-3-5-13(8-10)22-11(2)16-17-14-7-6-12(19(20)21)9-15(14)18-16/h3-9,11H,1-2H3,(H,17,18)/t11-/m0/s1. The minimum absolute atomic E-state index is 0.0370. The van der Waals surface area contributed by atoms with Gasteiger partial charge in [-0.3, -0.25) is 10.1 Å². The second-order valence-electron chi connectivity index (χ2n) is 5.16. The summed E-state index contributed by atoms with van der Waals surface area (Å²) in [6.45, 7) is 3.88. The molecule has 0 amide bonds. The largest absolute Gasteiger partial charge is 0.483 e.